The minimum atomic E-state index is -1.19. The molecule has 88 valence electrons. The number of aromatic hydroxyl groups is 1. The first-order chi connectivity index (χ1) is 8.61. The van der Waals surface area contributed by atoms with E-state index in [4.69, 9.17) is 10.4 Å². The second kappa shape index (κ2) is 4.60. The SMILES string of the molecule is N#Cc1cccc(-c2ccc(O)c(C(=O)O)c2)c1. The Morgan fingerprint density at radius 1 is 1.11 bits per heavy atom. The van der Waals surface area contributed by atoms with E-state index >= 15 is 0 Å². The molecule has 0 aromatic heterocycles. The molecular weight excluding hydrogens is 230 g/mol. The van der Waals surface area contributed by atoms with Gasteiger partial charge in [0, 0.05) is 0 Å². The summed E-state index contributed by atoms with van der Waals surface area (Å²) in [6, 6.07) is 13.2. The first-order valence-electron chi connectivity index (χ1n) is 5.18. The van der Waals surface area contributed by atoms with Crippen molar-refractivity contribution in [3.63, 3.8) is 0 Å². The molecule has 0 saturated heterocycles. The van der Waals surface area contributed by atoms with Crippen molar-refractivity contribution in [1.29, 1.82) is 5.26 Å². The van der Waals surface area contributed by atoms with Crippen LogP contribution in [0.1, 0.15) is 15.9 Å². The molecular formula is C14H9NO3. The molecule has 0 bridgehead atoms. The number of hydrogen-bond acceptors (Lipinski definition) is 3. The highest BCUT2D eigenvalue weighted by atomic mass is 16.4. The van der Waals surface area contributed by atoms with E-state index < -0.39 is 5.97 Å². The van der Waals surface area contributed by atoms with Gasteiger partial charge < -0.3 is 10.2 Å². The molecule has 4 heteroatoms. The van der Waals surface area contributed by atoms with Gasteiger partial charge in [0.1, 0.15) is 11.3 Å². The molecule has 2 aromatic rings. The zero-order chi connectivity index (χ0) is 13.1. The molecule has 2 N–H and O–H groups in total. The van der Waals surface area contributed by atoms with Crippen molar-refractivity contribution in [2.24, 2.45) is 0 Å². The number of benzene rings is 2. The zero-order valence-electron chi connectivity index (χ0n) is 9.29. The van der Waals surface area contributed by atoms with E-state index in [1.54, 1.807) is 30.3 Å². The van der Waals surface area contributed by atoms with E-state index in [0.29, 0.717) is 11.1 Å². The molecule has 0 amide bonds. The van der Waals surface area contributed by atoms with Gasteiger partial charge in [0.05, 0.1) is 11.6 Å². The molecule has 0 atom stereocenters. The second-order valence-electron chi connectivity index (χ2n) is 3.73. The minimum Gasteiger partial charge on any atom is -0.507 e. The summed E-state index contributed by atoms with van der Waals surface area (Å²) in [5.74, 6) is -1.46. The molecule has 0 saturated carbocycles. The van der Waals surface area contributed by atoms with E-state index in [2.05, 4.69) is 0 Å². The smallest absolute Gasteiger partial charge is 0.339 e. The van der Waals surface area contributed by atoms with Crippen molar-refractivity contribution in [3.8, 4) is 22.9 Å². The van der Waals surface area contributed by atoms with Gasteiger partial charge in [-0.1, -0.05) is 18.2 Å². The maximum Gasteiger partial charge on any atom is 0.339 e. The number of phenols is 1. The topological polar surface area (TPSA) is 81.3 Å². The van der Waals surface area contributed by atoms with Crippen LogP contribution < -0.4 is 0 Å². The third kappa shape index (κ3) is 2.15. The Hall–Kier alpha value is -2.80. The lowest BCUT2D eigenvalue weighted by Crippen LogP contribution is -1.97. The first kappa shape index (κ1) is 11.7. The Labute approximate surface area is 103 Å². The molecule has 0 aliphatic rings. The Balaban J connectivity index is 2.54. The van der Waals surface area contributed by atoms with Crippen LogP contribution >= 0.6 is 0 Å². The second-order valence-corrected chi connectivity index (χ2v) is 3.73. The molecule has 0 radical (unpaired) electrons. The van der Waals surface area contributed by atoms with Crippen molar-refractivity contribution < 1.29 is 15.0 Å². The van der Waals surface area contributed by atoms with E-state index in [9.17, 15) is 9.90 Å². The largest absolute Gasteiger partial charge is 0.507 e. The summed E-state index contributed by atoms with van der Waals surface area (Å²) in [6.45, 7) is 0. The highest BCUT2D eigenvalue weighted by Gasteiger charge is 2.11. The Morgan fingerprint density at radius 3 is 2.50 bits per heavy atom. The molecule has 0 unspecified atom stereocenters. The number of aromatic carboxylic acids is 1. The van der Waals surface area contributed by atoms with Crippen LogP contribution in [0.25, 0.3) is 11.1 Å². The summed E-state index contributed by atoms with van der Waals surface area (Å²) in [5.41, 5.74) is 1.71. The fourth-order valence-corrected chi connectivity index (χ4v) is 1.66. The number of carboxylic acids is 1. The van der Waals surface area contributed by atoms with Crippen molar-refractivity contribution >= 4 is 5.97 Å². The van der Waals surface area contributed by atoms with Gasteiger partial charge in [0.25, 0.3) is 0 Å². The summed E-state index contributed by atoms with van der Waals surface area (Å²) in [7, 11) is 0. The van der Waals surface area contributed by atoms with Crippen LogP contribution in [0.15, 0.2) is 42.5 Å². The van der Waals surface area contributed by atoms with Crippen molar-refractivity contribution in [2.45, 2.75) is 0 Å². The van der Waals surface area contributed by atoms with E-state index in [-0.39, 0.29) is 11.3 Å². The molecule has 0 aliphatic carbocycles. The highest BCUT2D eigenvalue weighted by Crippen LogP contribution is 2.26. The predicted molar refractivity (Wildman–Crippen MR) is 65.2 cm³/mol. The number of nitriles is 1. The quantitative estimate of drug-likeness (QED) is 0.844. The van der Waals surface area contributed by atoms with Crippen molar-refractivity contribution in [2.75, 3.05) is 0 Å². The van der Waals surface area contributed by atoms with Crippen LogP contribution in [0.4, 0.5) is 0 Å². The number of hydrogen-bond donors (Lipinski definition) is 2. The zero-order valence-corrected chi connectivity index (χ0v) is 9.29. The lowest BCUT2D eigenvalue weighted by Gasteiger charge is -2.05. The molecule has 0 fully saturated rings. The summed E-state index contributed by atoms with van der Waals surface area (Å²) in [6.07, 6.45) is 0. The summed E-state index contributed by atoms with van der Waals surface area (Å²) < 4.78 is 0. The molecule has 4 nitrogen and oxygen atoms in total. The lowest BCUT2D eigenvalue weighted by atomic mass is 10.0. The Kier molecular flexibility index (Phi) is 2.98. The Morgan fingerprint density at radius 2 is 1.83 bits per heavy atom. The number of carbonyl (C=O) groups is 1. The molecule has 18 heavy (non-hydrogen) atoms. The normalized spacial score (nSPS) is 9.72. The van der Waals surface area contributed by atoms with Crippen LogP contribution in [0.5, 0.6) is 5.75 Å². The maximum atomic E-state index is 10.9. The monoisotopic (exact) mass is 239 g/mol. The van der Waals surface area contributed by atoms with Gasteiger partial charge in [-0.3, -0.25) is 0 Å². The van der Waals surface area contributed by atoms with Crippen LogP contribution in [0.2, 0.25) is 0 Å². The van der Waals surface area contributed by atoms with Gasteiger partial charge in [-0.05, 0) is 35.4 Å². The number of carboxylic acid groups (broad SMARTS) is 1. The van der Waals surface area contributed by atoms with Gasteiger partial charge in [-0.2, -0.15) is 5.26 Å². The predicted octanol–water partition coefficient (Wildman–Crippen LogP) is 2.63. The van der Waals surface area contributed by atoms with Crippen molar-refractivity contribution in [3.05, 3.63) is 53.6 Å². The first-order valence-corrected chi connectivity index (χ1v) is 5.18. The molecule has 0 spiro atoms. The number of rotatable bonds is 2. The fraction of sp³-hybridized carbons (Fsp3) is 0. The average Bonchev–Trinajstić information content (AvgIpc) is 2.39. The molecule has 2 rings (SSSR count). The van der Waals surface area contributed by atoms with Gasteiger partial charge >= 0.3 is 5.97 Å². The third-order valence-corrected chi connectivity index (χ3v) is 2.55. The van der Waals surface area contributed by atoms with Crippen LogP contribution in [0, 0.1) is 11.3 Å². The van der Waals surface area contributed by atoms with Crippen LogP contribution in [-0.4, -0.2) is 16.2 Å². The van der Waals surface area contributed by atoms with Gasteiger partial charge in [-0.15, -0.1) is 0 Å². The van der Waals surface area contributed by atoms with Gasteiger partial charge in [-0.25, -0.2) is 4.79 Å². The maximum absolute atomic E-state index is 10.9. The summed E-state index contributed by atoms with van der Waals surface area (Å²) in [5, 5.41) is 27.2. The lowest BCUT2D eigenvalue weighted by molar-refractivity contribution is 0.0694. The third-order valence-electron chi connectivity index (χ3n) is 2.55. The van der Waals surface area contributed by atoms with E-state index in [0.717, 1.165) is 5.56 Å². The minimum absolute atomic E-state index is 0.158. The fourth-order valence-electron chi connectivity index (χ4n) is 1.66. The van der Waals surface area contributed by atoms with Crippen LogP contribution in [0.3, 0.4) is 0 Å². The highest BCUT2D eigenvalue weighted by molar-refractivity contribution is 5.92. The number of nitrogens with zero attached hydrogens (tertiary/aromatic N) is 1. The summed E-state index contributed by atoms with van der Waals surface area (Å²) in [4.78, 5) is 10.9. The van der Waals surface area contributed by atoms with Crippen molar-refractivity contribution in [1.82, 2.24) is 0 Å². The molecule has 2 aromatic carbocycles. The standard InChI is InChI=1S/C14H9NO3/c15-8-9-2-1-3-10(6-9)11-4-5-13(16)12(7-11)14(17)18/h1-7,16H,(H,17,18). The summed E-state index contributed by atoms with van der Waals surface area (Å²) >= 11 is 0. The Bertz CT molecular complexity index is 656. The van der Waals surface area contributed by atoms with E-state index in [1.807, 2.05) is 6.07 Å². The van der Waals surface area contributed by atoms with E-state index in [1.165, 1.54) is 12.1 Å². The van der Waals surface area contributed by atoms with Gasteiger partial charge in [0.2, 0.25) is 0 Å². The van der Waals surface area contributed by atoms with Crippen LogP contribution in [-0.2, 0) is 0 Å². The molecule has 0 aliphatic heterocycles. The molecule has 0 heterocycles. The van der Waals surface area contributed by atoms with Gasteiger partial charge in [0.15, 0.2) is 0 Å². The average molecular weight is 239 g/mol.